The van der Waals surface area contributed by atoms with E-state index in [0.717, 1.165) is 12.1 Å². The number of amides is 2. The lowest BCUT2D eigenvalue weighted by Crippen LogP contribution is -2.50. The molecule has 10 heteroatoms. The Bertz CT molecular complexity index is 772. The second kappa shape index (κ2) is 13.5. The molecule has 3 rings (SSSR count). The van der Waals surface area contributed by atoms with E-state index in [1.165, 1.54) is 0 Å². The fraction of sp³-hybridized carbons (Fsp3) is 0.429. The zero-order valence-electron chi connectivity index (χ0n) is 17.3. The summed E-state index contributed by atoms with van der Waals surface area (Å²) in [5, 5.41) is 25.7. The van der Waals surface area contributed by atoms with E-state index in [1.807, 2.05) is 48.3 Å². The van der Waals surface area contributed by atoms with Crippen LogP contribution < -0.4 is 10.6 Å². The van der Waals surface area contributed by atoms with Crippen LogP contribution in [0.25, 0.3) is 0 Å². The number of nitrogens with zero attached hydrogens (tertiary/aromatic N) is 2. The van der Waals surface area contributed by atoms with Crippen molar-refractivity contribution in [3.63, 3.8) is 0 Å². The Morgan fingerprint density at radius 3 is 2.48 bits per heavy atom. The van der Waals surface area contributed by atoms with Crippen LogP contribution in [0.3, 0.4) is 0 Å². The van der Waals surface area contributed by atoms with E-state index in [2.05, 4.69) is 15.6 Å². The van der Waals surface area contributed by atoms with Gasteiger partial charge in [-0.25, -0.2) is 4.79 Å². The maximum absolute atomic E-state index is 12.2. The second-order valence-corrected chi connectivity index (χ2v) is 7.13. The molecule has 0 aliphatic carbocycles. The first-order chi connectivity index (χ1) is 14.1. The third-order valence-corrected chi connectivity index (χ3v) is 5.09. The van der Waals surface area contributed by atoms with E-state index in [9.17, 15) is 15.0 Å². The van der Waals surface area contributed by atoms with Crippen molar-refractivity contribution in [1.82, 2.24) is 15.2 Å². The summed E-state index contributed by atoms with van der Waals surface area (Å²) < 4.78 is 5.81. The highest BCUT2D eigenvalue weighted by Gasteiger charge is 2.45. The summed E-state index contributed by atoms with van der Waals surface area (Å²) in [5.74, 6) is 0. The molecule has 1 aliphatic heterocycles. The van der Waals surface area contributed by atoms with Crippen molar-refractivity contribution in [1.29, 1.82) is 0 Å². The van der Waals surface area contributed by atoms with Crippen LogP contribution in [0.2, 0.25) is 0 Å². The lowest BCUT2D eigenvalue weighted by molar-refractivity contribution is -0.0205. The van der Waals surface area contributed by atoms with Crippen LogP contribution in [-0.2, 0) is 11.2 Å². The number of aliphatic hydroxyl groups excluding tert-OH is 2. The summed E-state index contributed by atoms with van der Waals surface area (Å²) in [7, 11) is 1.90. The Labute approximate surface area is 194 Å². The van der Waals surface area contributed by atoms with Crippen LogP contribution in [0.5, 0.6) is 0 Å². The van der Waals surface area contributed by atoms with Gasteiger partial charge in [0.25, 0.3) is 0 Å². The number of halogens is 2. The Hall–Kier alpha value is -1.94. The van der Waals surface area contributed by atoms with Crippen LogP contribution in [0.4, 0.5) is 10.5 Å². The molecule has 2 aromatic rings. The van der Waals surface area contributed by atoms with Gasteiger partial charge in [-0.3, -0.25) is 9.88 Å². The van der Waals surface area contributed by atoms with E-state index < -0.39 is 18.3 Å². The summed E-state index contributed by atoms with van der Waals surface area (Å²) in [6.45, 7) is 0.593. The summed E-state index contributed by atoms with van der Waals surface area (Å²) in [4.78, 5) is 18.5. The number of para-hydroxylation sites is 1. The van der Waals surface area contributed by atoms with Crippen molar-refractivity contribution in [2.75, 3.05) is 32.1 Å². The highest BCUT2D eigenvalue weighted by molar-refractivity contribution is 5.89. The number of carbonyl (C=O) groups is 1. The van der Waals surface area contributed by atoms with Crippen molar-refractivity contribution in [2.45, 2.75) is 30.8 Å². The molecule has 2 amide bonds. The van der Waals surface area contributed by atoms with Crippen LogP contribution in [-0.4, -0.2) is 77.2 Å². The van der Waals surface area contributed by atoms with Crippen molar-refractivity contribution in [3.8, 4) is 0 Å². The van der Waals surface area contributed by atoms with Gasteiger partial charge in [-0.15, -0.1) is 24.8 Å². The topological polar surface area (TPSA) is 107 Å². The smallest absolute Gasteiger partial charge is 0.319 e. The number of ether oxygens (including phenoxy) is 1. The van der Waals surface area contributed by atoms with Gasteiger partial charge < -0.3 is 25.6 Å². The van der Waals surface area contributed by atoms with Gasteiger partial charge in [0.2, 0.25) is 0 Å². The minimum atomic E-state index is -0.849. The lowest BCUT2D eigenvalue weighted by Gasteiger charge is -2.30. The van der Waals surface area contributed by atoms with Crippen molar-refractivity contribution >= 4 is 36.5 Å². The summed E-state index contributed by atoms with van der Waals surface area (Å²) in [5.41, 5.74) is 1.65. The molecule has 2 heterocycles. The average Bonchev–Trinajstić information content (AvgIpc) is 3.07. The third-order valence-electron chi connectivity index (χ3n) is 5.09. The van der Waals surface area contributed by atoms with E-state index >= 15 is 0 Å². The molecule has 172 valence electrons. The number of urea groups is 1. The van der Waals surface area contributed by atoms with Crippen LogP contribution in [0.1, 0.15) is 5.69 Å². The molecule has 4 N–H and O–H groups in total. The molecular formula is C21H30Cl2N4O4. The summed E-state index contributed by atoms with van der Waals surface area (Å²) in [6, 6.07) is 14.2. The molecule has 0 bridgehead atoms. The third kappa shape index (κ3) is 7.60. The van der Waals surface area contributed by atoms with E-state index in [0.29, 0.717) is 12.2 Å². The Morgan fingerprint density at radius 2 is 1.84 bits per heavy atom. The first-order valence-corrected chi connectivity index (χ1v) is 9.73. The lowest BCUT2D eigenvalue weighted by atomic mass is 10.0. The van der Waals surface area contributed by atoms with Gasteiger partial charge in [0.15, 0.2) is 0 Å². The largest absolute Gasteiger partial charge is 0.394 e. The number of rotatable bonds is 8. The predicted octanol–water partition coefficient (Wildman–Crippen LogP) is 1.71. The molecule has 1 saturated heterocycles. The van der Waals surface area contributed by atoms with Gasteiger partial charge in [-0.05, 0) is 31.3 Å². The minimum absolute atomic E-state index is 0. The van der Waals surface area contributed by atoms with Gasteiger partial charge in [0.05, 0.1) is 18.8 Å². The molecule has 1 aromatic carbocycles. The zero-order valence-corrected chi connectivity index (χ0v) is 18.9. The SMILES string of the molecule is CN(CCc1ccccn1)[C@@H]1[C@H](O)[C@H](CO)O[C@@H]1CNC(=O)Nc1ccccc1.Cl.Cl. The summed E-state index contributed by atoms with van der Waals surface area (Å²) >= 11 is 0. The quantitative estimate of drug-likeness (QED) is 0.465. The normalized spacial score (nSPS) is 22.3. The molecule has 0 spiro atoms. The first kappa shape index (κ1) is 27.1. The number of hydrogen-bond acceptors (Lipinski definition) is 6. The number of pyridine rings is 1. The number of likely N-dealkylation sites (N-methyl/N-ethyl adjacent to an activating group) is 1. The average molecular weight is 473 g/mol. The van der Waals surface area contributed by atoms with Gasteiger partial charge in [0.1, 0.15) is 12.2 Å². The van der Waals surface area contributed by atoms with Gasteiger partial charge in [0, 0.05) is 37.1 Å². The van der Waals surface area contributed by atoms with Crippen LogP contribution in [0, 0.1) is 0 Å². The molecule has 1 aromatic heterocycles. The number of aromatic nitrogens is 1. The molecular weight excluding hydrogens is 443 g/mol. The van der Waals surface area contributed by atoms with Gasteiger partial charge in [-0.1, -0.05) is 24.3 Å². The molecule has 1 aliphatic rings. The maximum atomic E-state index is 12.2. The predicted molar refractivity (Wildman–Crippen MR) is 124 cm³/mol. The summed E-state index contributed by atoms with van der Waals surface area (Å²) in [6.07, 6.45) is 0.498. The standard InChI is InChI=1S/C21H28N4O4.2ClH/c1-25(12-10-15-7-5-6-11-22-15)19-17(29-18(14-26)20(19)27)13-23-21(28)24-16-8-3-2-4-9-16;;/h2-9,11,17-20,26-27H,10,12-14H2,1H3,(H2,23,24,28);2*1H/t17-,18+,19+,20-;;/m1../s1. The monoisotopic (exact) mass is 472 g/mol. The van der Waals surface area contributed by atoms with E-state index in [-0.39, 0.29) is 50.0 Å². The zero-order chi connectivity index (χ0) is 20.6. The van der Waals surface area contributed by atoms with E-state index in [4.69, 9.17) is 4.74 Å². The second-order valence-electron chi connectivity index (χ2n) is 7.13. The maximum Gasteiger partial charge on any atom is 0.319 e. The molecule has 1 fully saturated rings. The Kier molecular flexibility index (Phi) is 11.8. The number of aliphatic hydroxyl groups is 2. The number of carbonyl (C=O) groups excluding carboxylic acids is 1. The van der Waals surface area contributed by atoms with Crippen LogP contribution in [0.15, 0.2) is 54.7 Å². The fourth-order valence-corrected chi connectivity index (χ4v) is 3.57. The van der Waals surface area contributed by atoms with E-state index in [1.54, 1.807) is 18.3 Å². The van der Waals surface area contributed by atoms with Gasteiger partial charge in [-0.2, -0.15) is 0 Å². The molecule has 8 nitrogen and oxygen atoms in total. The number of anilines is 1. The van der Waals surface area contributed by atoms with Crippen molar-refractivity contribution < 1.29 is 19.7 Å². The molecule has 4 atom stereocenters. The molecule has 0 unspecified atom stereocenters. The highest BCUT2D eigenvalue weighted by atomic mass is 35.5. The molecule has 0 radical (unpaired) electrons. The fourth-order valence-electron chi connectivity index (χ4n) is 3.57. The molecule has 0 saturated carbocycles. The first-order valence-electron chi connectivity index (χ1n) is 9.73. The van der Waals surface area contributed by atoms with Crippen molar-refractivity contribution in [3.05, 3.63) is 60.4 Å². The van der Waals surface area contributed by atoms with Gasteiger partial charge >= 0.3 is 6.03 Å². The van der Waals surface area contributed by atoms with Crippen molar-refractivity contribution in [2.24, 2.45) is 0 Å². The minimum Gasteiger partial charge on any atom is -0.394 e. The number of nitrogens with one attached hydrogen (secondary N) is 2. The number of benzene rings is 1. The molecule has 31 heavy (non-hydrogen) atoms. The number of hydrogen-bond donors (Lipinski definition) is 4. The Morgan fingerprint density at radius 1 is 1.13 bits per heavy atom. The Balaban J connectivity index is 0.00000240. The highest BCUT2D eigenvalue weighted by Crippen LogP contribution is 2.25. The van der Waals surface area contributed by atoms with Crippen LogP contribution >= 0.6 is 24.8 Å².